The lowest BCUT2D eigenvalue weighted by Crippen LogP contribution is -1.97. The van der Waals surface area contributed by atoms with E-state index < -0.39 is 5.09 Å². The molecule has 0 heterocycles. The highest BCUT2D eigenvalue weighted by atomic mass is 16.9. The second-order valence-electron chi connectivity index (χ2n) is 3.70. The summed E-state index contributed by atoms with van der Waals surface area (Å²) in [5, 5.41) is 22.2. The molecule has 0 unspecified atom stereocenters. The highest BCUT2D eigenvalue weighted by Crippen LogP contribution is 2.00. The van der Waals surface area contributed by atoms with E-state index in [9.17, 15) is 0 Å². The van der Waals surface area contributed by atoms with Gasteiger partial charge in [0.25, 0.3) is 5.09 Å². The van der Waals surface area contributed by atoms with Crippen molar-refractivity contribution in [3.8, 4) is 0 Å². The fourth-order valence-corrected chi connectivity index (χ4v) is 1.23. The molecular formula is C11H25NO5. The predicted molar refractivity (Wildman–Crippen MR) is 64.7 cm³/mol. The second kappa shape index (κ2) is 17.5. The van der Waals surface area contributed by atoms with E-state index in [1.54, 1.807) is 0 Å². The lowest BCUT2D eigenvalue weighted by atomic mass is 10.2. The summed E-state index contributed by atoms with van der Waals surface area (Å²) in [5.74, 6) is 0. The maximum atomic E-state index is 8.53. The molecule has 17 heavy (non-hydrogen) atoms. The van der Waals surface area contributed by atoms with Crippen LogP contribution in [0.4, 0.5) is 0 Å². The van der Waals surface area contributed by atoms with Crippen molar-refractivity contribution >= 4 is 0 Å². The Morgan fingerprint density at radius 2 is 1.53 bits per heavy atom. The predicted octanol–water partition coefficient (Wildman–Crippen LogP) is 2.40. The fraction of sp³-hybridized carbons (Fsp3) is 1.00. The molecule has 104 valence electrons. The summed E-state index contributed by atoms with van der Waals surface area (Å²) in [5.41, 5.74) is 0. The fourth-order valence-electron chi connectivity index (χ4n) is 1.23. The van der Waals surface area contributed by atoms with Crippen molar-refractivity contribution in [2.24, 2.45) is 0 Å². The van der Waals surface area contributed by atoms with Crippen LogP contribution in [0.2, 0.25) is 0 Å². The van der Waals surface area contributed by atoms with Gasteiger partial charge in [0.1, 0.15) is 0 Å². The number of hydrogen-bond donors (Lipinski definition) is 2. The van der Waals surface area contributed by atoms with Gasteiger partial charge < -0.3 is 15.1 Å². The standard InChI is InChI=1S/C11H24O2.HNO3/c1-2-3-7-10-13-11-8-5-4-6-9-12;2-1(3)4/h12H,2-11H2,1H3;(H,2,3,4). The van der Waals surface area contributed by atoms with E-state index in [-0.39, 0.29) is 0 Å². The number of hydrogen-bond acceptors (Lipinski definition) is 4. The first kappa shape index (κ1) is 18.5. The number of nitrogens with zero attached hydrogens (tertiary/aromatic N) is 1. The van der Waals surface area contributed by atoms with E-state index in [0.29, 0.717) is 6.61 Å². The summed E-state index contributed by atoms with van der Waals surface area (Å²) in [4.78, 5) is 8.36. The van der Waals surface area contributed by atoms with Crippen LogP contribution in [-0.4, -0.2) is 35.2 Å². The Bertz CT molecular complexity index is 141. The van der Waals surface area contributed by atoms with Crippen LogP contribution in [0.15, 0.2) is 0 Å². The van der Waals surface area contributed by atoms with E-state index in [4.69, 9.17) is 25.2 Å². The number of aliphatic hydroxyl groups is 1. The Morgan fingerprint density at radius 3 is 2.00 bits per heavy atom. The monoisotopic (exact) mass is 251 g/mol. The highest BCUT2D eigenvalue weighted by Gasteiger charge is 1.90. The Hall–Kier alpha value is -0.880. The third-order valence-corrected chi connectivity index (χ3v) is 2.09. The Kier molecular flexibility index (Phi) is 19.0. The van der Waals surface area contributed by atoms with Crippen molar-refractivity contribution in [3.05, 3.63) is 10.1 Å². The lowest BCUT2D eigenvalue weighted by molar-refractivity contribution is -0.742. The van der Waals surface area contributed by atoms with Gasteiger partial charge in [0, 0.05) is 19.8 Å². The first-order valence-corrected chi connectivity index (χ1v) is 6.17. The molecule has 0 aromatic heterocycles. The summed E-state index contributed by atoms with van der Waals surface area (Å²) in [7, 11) is 0. The lowest BCUT2D eigenvalue weighted by Gasteiger charge is -2.02. The zero-order valence-corrected chi connectivity index (χ0v) is 10.6. The molecule has 6 nitrogen and oxygen atoms in total. The van der Waals surface area contributed by atoms with Crippen molar-refractivity contribution in [2.45, 2.75) is 51.9 Å². The van der Waals surface area contributed by atoms with Crippen molar-refractivity contribution in [1.82, 2.24) is 0 Å². The average Bonchev–Trinajstić information content (AvgIpc) is 2.26. The minimum Gasteiger partial charge on any atom is -0.396 e. The summed E-state index contributed by atoms with van der Waals surface area (Å²) >= 11 is 0. The normalized spacial score (nSPS) is 9.53. The number of aliphatic hydroxyl groups excluding tert-OH is 1. The maximum Gasteiger partial charge on any atom is 0.291 e. The number of unbranched alkanes of at least 4 members (excludes halogenated alkanes) is 5. The van der Waals surface area contributed by atoms with Gasteiger partial charge in [0.15, 0.2) is 0 Å². The summed E-state index contributed by atoms with van der Waals surface area (Å²) in [6.45, 7) is 4.36. The zero-order chi connectivity index (χ0) is 13.4. The van der Waals surface area contributed by atoms with Gasteiger partial charge in [0.05, 0.1) is 0 Å². The van der Waals surface area contributed by atoms with Crippen LogP contribution in [0, 0.1) is 10.1 Å². The van der Waals surface area contributed by atoms with Crippen LogP contribution < -0.4 is 0 Å². The molecule has 0 bridgehead atoms. The molecule has 0 aromatic carbocycles. The number of ether oxygens (including phenoxy) is 1. The highest BCUT2D eigenvalue weighted by molar-refractivity contribution is 4.42. The smallest absolute Gasteiger partial charge is 0.291 e. The Morgan fingerprint density at radius 1 is 1.06 bits per heavy atom. The van der Waals surface area contributed by atoms with Crippen LogP contribution in [0.3, 0.4) is 0 Å². The Labute approximate surface area is 103 Å². The van der Waals surface area contributed by atoms with E-state index in [0.717, 1.165) is 32.5 Å². The first-order valence-electron chi connectivity index (χ1n) is 6.17. The van der Waals surface area contributed by atoms with Crippen molar-refractivity contribution in [3.63, 3.8) is 0 Å². The summed E-state index contributed by atoms with van der Waals surface area (Å²) in [6, 6.07) is 0. The van der Waals surface area contributed by atoms with Gasteiger partial charge in [-0.3, -0.25) is 0 Å². The van der Waals surface area contributed by atoms with Gasteiger partial charge in [-0.1, -0.05) is 32.6 Å². The number of rotatable bonds is 10. The molecule has 6 heteroatoms. The quantitative estimate of drug-likeness (QED) is 0.353. The maximum absolute atomic E-state index is 8.53. The molecule has 0 aliphatic heterocycles. The molecule has 0 rings (SSSR count). The van der Waals surface area contributed by atoms with Crippen LogP contribution >= 0.6 is 0 Å². The molecule has 0 aliphatic carbocycles. The van der Waals surface area contributed by atoms with Gasteiger partial charge in [0.2, 0.25) is 0 Å². The molecule has 2 N–H and O–H groups in total. The minimum atomic E-state index is -1.50. The van der Waals surface area contributed by atoms with E-state index in [1.165, 1.54) is 25.7 Å². The van der Waals surface area contributed by atoms with E-state index in [1.807, 2.05) is 0 Å². The molecule has 0 saturated heterocycles. The van der Waals surface area contributed by atoms with Gasteiger partial charge in [-0.2, -0.15) is 0 Å². The molecule has 0 radical (unpaired) electrons. The van der Waals surface area contributed by atoms with Crippen LogP contribution in [-0.2, 0) is 4.74 Å². The average molecular weight is 251 g/mol. The summed E-state index contributed by atoms with van der Waals surface area (Å²) in [6.07, 6.45) is 8.16. The third-order valence-electron chi connectivity index (χ3n) is 2.09. The van der Waals surface area contributed by atoms with Gasteiger partial charge in [-0.05, 0) is 19.3 Å². The summed E-state index contributed by atoms with van der Waals surface area (Å²) < 4.78 is 5.45. The molecule has 0 saturated carbocycles. The van der Waals surface area contributed by atoms with E-state index >= 15 is 0 Å². The molecule has 0 amide bonds. The molecule has 0 atom stereocenters. The topological polar surface area (TPSA) is 92.8 Å². The van der Waals surface area contributed by atoms with Crippen LogP contribution in [0.25, 0.3) is 0 Å². The van der Waals surface area contributed by atoms with Crippen molar-refractivity contribution in [2.75, 3.05) is 19.8 Å². The molecule has 0 aliphatic rings. The van der Waals surface area contributed by atoms with E-state index in [2.05, 4.69) is 6.92 Å². The molecular weight excluding hydrogens is 226 g/mol. The van der Waals surface area contributed by atoms with Gasteiger partial charge in [-0.15, -0.1) is 10.1 Å². The SMILES string of the molecule is CCCCCOCCCCCCO.O=[N+]([O-])O. The minimum absolute atomic E-state index is 0.331. The molecule has 0 spiro atoms. The largest absolute Gasteiger partial charge is 0.396 e. The van der Waals surface area contributed by atoms with Crippen molar-refractivity contribution < 1.29 is 20.1 Å². The van der Waals surface area contributed by atoms with Gasteiger partial charge >= 0.3 is 0 Å². The van der Waals surface area contributed by atoms with Gasteiger partial charge in [-0.25, -0.2) is 0 Å². The zero-order valence-electron chi connectivity index (χ0n) is 10.6. The first-order chi connectivity index (χ1) is 8.15. The molecule has 0 aromatic rings. The Balaban J connectivity index is 0. The van der Waals surface area contributed by atoms with Crippen LogP contribution in [0.1, 0.15) is 51.9 Å². The molecule has 0 fully saturated rings. The van der Waals surface area contributed by atoms with Crippen LogP contribution in [0.5, 0.6) is 0 Å². The second-order valence-corrected chi connectivity index (χ2v) is 3.70. The third kappa shape index (κ3) is 31.3. The van der Waals surface area contributed by atoms with Crippen molar-refractivity contribution in [1.29, 1.82) is 0 Å².